The van der Waals surface area contributed by atoms with Crippen molar-refractivity contribution in [2.75, 3.05) is 13.6 Å². The first-order valence-corrected chi connectivity index (χ1v) is 6.67. The van der Waals surface area contributed by atoms with Gasteiger partial charge in [-0.05, 0) is 52.6 Å². The molecule has 2 rings (SSSR count). The Morgan fingerprint density at radius 2 is 1.87 bits per heavy atom. The van der Waals surface area contributed by atoms with Crippen LogP contribution in [0.25, 0.3) is 0 Å². The summed E-state index contributed by atoms with van der Waals surface area (Å²) in [5.41, 5.74) is 0. The van der Waals surface area contributed by atoms with Gasteiger partial charge in [-0.3, -0.25) is 4.90 Å². The summed E-state index contributed by atoms with van der Waals surface area (Å²) in [5.74, 6) is 1.02. The molecule has 0 aromatic heterocycles. The molecule has 1 heterocycles. The lowest BCUT2D eigenvalue weighted by molar-refractivity contribution is 0.122. The van der Waals surface area contributed by atoms with E-state index in [1.165, 1.54) is 38.6 Å². The predicted molar refractivity (Wildman–Crippen MR) is 65.1 cm³/mol. The van der Waals surface area contributed by atoms with Crippen molar-refractivity contribution in [1.29, 1.82) is 0 Å². The standard InChI is InChI=1S/C13H26N2/c1-10(14-3)11(2)15-9-8-12-6-4-5-7-13(12)15/h10-14H,4-9H2,1-3H3. The zero-order valence-corrected chi connectivity index (χ0v) is 10.5. The van der Waals surface area contributed by atoms with Gasteiger partial charge in [0.2, 0.25) is 0 Å². The second-order valence-electron chi connectivity index (χ2n) is 5.46. The Morgan fingerprint density at radius 3 is 2.60 bits per heavy atom. The van der Waals surface area contributed by atoms with Crippen LogP contribution in [0.4, 0.5) is 0 Å². The topological polar surface area (TPSA) is 15.3 Å². The van der Waals surface area contributed by atoms with Crippen molar-refractivity contribution in [2.24, 2.45) is 5.92 Å². The molecule has 1 aliphatic heterocycles. The van der Waals surface area contributed by atoms with E-state index in [0.717, 1.165) is 12.0 Å². The second-order valence-corrected chi connectivity index (χ2v) is 5.46. The quantitative estimate of drug-likeness (QED) is 0.768. The summed E-state index contributed by atoms with van der Waals surface area (Å²) >= 11 is 0. The number of fused-ring (bicyclic) bond motifs is 1. The molecule has 2 heteroatoms. The van der Waals surface area contributed by atoms with Crippen molar-refractivity contribution in [3.8, 4) is 0 Å². The normalized spacial score (nSPS) is 36.2. The molecule has 0 bridgehead atoms. The number of likely N-dealkylation sites (tertiary alicyclic amines) is 1. The van der Waals surface area contributed by atoms with Crippen LogP contribution in [-0.2, 0) is 0 Å². The third kappa shape index (κ3) is 2.21. The van der Waals surface area contributed by atoms with Gasteiger partial charge in [0.15, 0.2) is 0 Å². The van der Waals surface area contributed by atoms with E-state index in [9.17, 15) is 0 Å². The average Bonchev–Trinajstić information content (AvgIpc) is 2.70. The van der Waals surface area contributed by atoms with E-state index in [0.29, 0.717) is 12.1 Å². The minimum atomic E-state index is 0.616. The van der Waals surface area contributed by atoms with Gasteiger partial charge in [-0.1, -0.05) is 12.8 Å². The van der Waals surface area contributed by atoms with Gasteiger partial charge in [-0.25, -0.2) is 0 Å². The maximum absolute atomic E-state index is 3.40. The summed E-state index contributed by atoms with van der Waals surface area (Å²) in [6.07, 6.45) is 7.32. The summed E-state index contributed by atoms with van der Waals surface area (Å²) in [6.45, 7) is 6.03. The van der Waals surface area contributed by atoms with Crippen LogP contribution in [0.5, 0.6) is 0 Å². The molecule has 0 aromatic carbocycles. The van der Waals surface area contributed by atoms with Crippen molar-refractivity contribution >= 4 is 0 Å². The molecule has 0 aromatic rings. The third-order valence-electron chi connectivity index (χ3n) is 4.76. The van der Waals surface area contributed by atoms with E-state index in [-0.39, 0.29) is 0 Å². The molecular weight excluding hydrogens is 184 g/mol. The number of nitrogens with one attached hydrogen (secondary N) is 1. The van der Waals surface area contributed by atoms with E-state index in [2.05, 4.69) is 31.1 Å². The Kier molecular flexibility index (Phi) is 3.68. The van der Waals surface area contributed by atoms with Gasteiger partial charge >= 0.3 is 0 Å². The molecule has 0 radical (unpaired) electrons. The van der Waals surface area contributed by atoms with Crippen LogP contribution in [0.15, 0.2) is 0 Å². The molecule has 1 aliphatic carbocycles. The highest BCUT2D eigenvalue weighted by Crippen LogP contribution is 2.37. The molecule has 88 valence electrons. The zero-order valence-electron chi connectivity index (χ0n) is 10.5. The Hall–Kier alpha value is -0.0800. The minimum Gasteiger partial charge on any atom is -0.316 e. The summed E-state index contributed by atoms with van der Waals surface area (Å²) in [4.78, 5) is 2.77. The smallest absolute Gasteiger partial charge is 0.0221 e. The maximum Gasteiger partial charge on any atom is 0.0221 e. The van der Waals surface area contributed by atoms with Crippen LogP contribution < -0.4 is 5.32 Å². The van der Waals surface area contributed by atoms with Crippen molar-refractivity contribution in [2.45, 2.75) is 64.1 Å². The van der Waals surface area contributed by atoms with E-state index in [1.54, 1.807) is 0 Å². The Labute approximate surface area is 94.4 Å². The monoisotopic (exact) mass is 210 g/mol. The first-order valence-electron chi connectivity index (χ1n) is 6.67. The molecular formula is C13H26N2. The Morgan fingerprint density at radius 1 is 1.13 bits per heavy atom. The fraction of sp³-hybridized carbons (Fsp3) is 1.00. The lowest BCUT2D eigenvalue weighted by atomic mass is 9.85. The van der Waals surface area contributed by atoms with Gasteiger partial charge in [0.05, 0.1) is 0 Å². The van der Waals surface area contributed by atoms with Crippen molar-refractivity contribution < 1.29 is 0 Å². The van der Waals surface area contributed by atoms with E-state index in [4.69, 9.17) is 0 Å². The summed E-state index contributed by atoms with van der Waals surface area (Å²) in [5, 5.41) is 3.40. The Balaban J connectivity index is 1.97. The Bertz CT molecular complexity index is 205. The summed E-state index contributed by atoms with van der Waals surface area (Å²) < 4.78 is 0. The van der Waals surface area contributed by atoms with Crippen LogP contribution in [-0.4, -0.2) is 36.6 Å². The highest BCUT2D eigenvalue weighted by Gasteiger charge is 2.38. The first kappa shape index (κ1) is 11.4. The zero-order chi connectivity index (χ0) is 10.8. The molecule has 1 saturated heterocycles. The minimum absolute atomic E-state index is 0.616. The van der Waals surface area contributed by atoms with Gasteiger partial charge in [-0.15, -0.1) is 0 Å². The van der Waals surface area contributed by atoms with E-state index < -0.39 is 0 Å². The second kappa shape index (κ2) is 4.84. The molecule has 1 saturated carbocycles. The van der Waals surface area contributed by atoms with Crippen LogP contribution >= 0.6 is 0 Å². The summed E-state index contributed by atoms with van der Waals surface area (Å²) in [6, 6.07) is 2.22. The molecule has 0 spiro atoms. The van der Waals surface area contributed by atoms with Crippen LogP contribution in [0.1, 0.15) is 46.0 Å². The van der Waals surface area contributed by atoms with E-state index in [1.807, 2.05) is 0 Å². The van der Waals surface area contributed by atoms with Crippen LogP contribution in [0.3, 0.4) is 0 Å². The first-order chi connectivity index (χ1) is 7.24. The molecule has 4 unspecified atom stereocenters. The number of nitrogens with zero attached hydrogens (tertiary/aromatic N) is 1. The van der Waals surface area contributed by atoms with E-state index >= 15 is 0 Å². The molecule has 4 atom stereocenters. The molecule has 2 nitrogen and oxygen atoms in total. The number of hydrogen-bond acceptors (Lipinski definition) is 2. The van der Waals surface area contributed by atoms with Crippen LogP contribution in [0, 0.1) is 5.92 Å². The van der Waals surface area contributed by atoms with Crippen LogP contribution in [0.2, 0.25) is 0 Å². The summed E-state index contributed by atoms with van der Waals surface area (Å²) in [7, 11) is 2.08. The van der Waals surface area contributed by atoms with Gasteiger partial charge in [0.25, 0.3) is 0 Å². The molecule has 2 aliphatic rings. The predicted octanol–water partition coefficient (Wildman–Crippen LogP) is 2.25. The van der Waals surface area contributed by atoms with Gasteiger partial charge < -0.3 is 5.32 Å². The fourth-order valence-corrected chi connectivity index (χ4v) is 3.48. The number of rotatable bonds is 3. The number of likely N-dealkylation sites (N-methyl/N-ethyl adjacent to an activating group) is 1. The average molecular weight is 210 g/mol. The van der Waals surface area contributed by atoms with Crippen molar-refractivity contribution in [3.63, 3.8) is 0 Å². The fourth-order valence-electron chi connectivity index (χ4n) is 3.48. The third-order valence-corrected chi connectivity index (χ3v) is 4.76. The van der Waals surface area contributed by atoms with Gasteiger partial charge in [0, 0.05) is 18.1 Å². The van der Waals surface area contributed by atoms with Crippen molar-refractivity contribution in [3.05, 3.63) is 0 Å². The molecule has 2 fully saturated rings. The lowest BCUT2D eigenvalue weighted by Gasteiger charge is -2.38. The number of hydrogen-bond donors (Lipinski definition) is 1. The van der Waals surface area contributed by atoms with Gasteiger partial charge in [-0.2, -0.15) is 0 Å². The largest absolute Gasteiger partial charge is 0.316 e. The maximum atomic E-state index is 3.40. The van der Waals surface area contributed by atoms with Crippen molar-refractivity contribution in [1.82, 2.24) is 10.2 Å². The molecule has 0 amide bonds. The SMILES string of the molecule is CNC(C)C(C)N1CCC2CCCCC21. The molecule has 15 heavy (non-hydrogen) atoms. The van der Waals surface area contributed by atoms with Gasteiger partial charge in [0.1, 0.15) is 0 Å². The molecule has 1 N–H and O–H groups in total. The highest BCUT2D eigenvalue weighted by molar-refractivity contribution is 4.93. The lowest BCUT2D eigenvalue weighted by Crippen LogP contribution is -2.49. The highest BCUT2D eigenvalue weighted by atomic mass is 15.2.